The second-order valence-electron chi connectivity index (χ2n) is 9.99. The lowest BCUT2D eigenvalue weighted by molar-refractivity contribution is -0.134. The maximum absolute atomic E-state index is 14.0. The molecule has 2 amide bonds. The van der Waals surface area contributed by atoms with Crippen LogP contribution in [-0.2, 0) is 11.3 Å². The fourth-order valence-corrected chi connectivity index (χ4v) is 5.08. The molecular weight excluding hydrogens is 556 g/mol. The summed E-state index contributed by atoms with van der Waals surface area (Å²) in [6.07, 6.45) is 0.732. The van der Waals surface area contributed by atoms with Gasteiger partial charge in [-0.2, -0.15) is 0 Å². The van der Waals surface area contributed by atoms with Gasteiger partial charge < -0.3 is 29.3 Å². The second-order valence-corrected chi connectivity index (χ2v) is 10.4. The van der Waals surface area contributed by atoms with Crippen LogP contribution < -0.4 is 14.4 Å². The van der Waals surface area contributed by atoms with Gasteiger partial charge in [-0.1, -0.05) is 29.8 Å². The van der Waals surface area contributed by atoms with Gasteiger partial charge in [0.15, 0.2) is 11.6 Å². The summed E-state index contributed by atoms with van der Waals surface area (Å²) in [5, 5.41) is 10.2. The van der Waals surface area contributed by atoms with E-state index in [2.05, 4.69) is 0 Å². The van der Waals surface area contributed by atoms with E-state index in [0.717, 1.165) is 42.3 Å². The maximum Gasteiger partial charge on any atom is 0.407 e. The van der Waals surface area contributed by atoms with E-state index in [1.165, 1.54) is 4.90 Å². The molecule has 1 saturated heterocycles. The van der Waals surface area contributed by atoms with Crippen LogP contribution in [0.2, 0.25) is 5.02 Å². The average Bonchev–Trinajstić information content (AvgIpc) is 3.82. The van der Waals surface area contributed by atoms with Crippen molar-refractivity contribution in [1.82, 2.24) is 9.80 Å². The standard InChI is InChI=1S/C30H30ClF2N3O5/c31-25-4-2-1-3-20(25)18-36(23-6-7-23)29(37)27-19-34(30(38)39)13-14-35(27)22-8-10-24(11-9-22)40-15-16-41-28-17-21(32)5-12-26(28)33/h1-5,8-12,17,23,27H,6-7,13-16,18-19H2,(H,38,39). The third-order valence-electron chi connectivity index (χ3n) is 7.18. The van der Waals surface area contributed by atoms with Crippen LogP contribution in [0.5, 0.6) is 11.5 Å². The minimum Gasteiger partial charge on any atom is -0.490 e. The number of ether oxygens (including phenoxy) is 2. The summed E-state index contributed by atoms with van der Waals surface area (Å²) in [6, 6.07) is 16.9. The van der Waals surface area contributed by atoms with E-state index in [0.29, 0.717) is 23.9 Å². The number of nitrogens with zero attached hydrogens (tertiary/aromatic N) is 3. The first kappa shape index (κ1) is 28.5. The van der Waals surface area contributed by atoms with Crippen LogP contribution in [-0.4, -0.2) is 71.8 Å². The van der Waals surface area contributed by atoms with E-state index in [-0.39, 0.29) is 44.0 Å². The maximum atomic E-state index is 14.0. The lowest BCUT2D eigenvalue weighted by Crippen LogP contribution is -2.61. The Hall–Kier alpha value is -4.05. The molecule has 1 saturated carbocycles. The minimum atomic E-state index is -1.06. The van der Waals surface area contributed by atoms with E-state index < -0.39 is 23.8 Å². The van der Waals surface area contributed by atoms with Crippen molar-refractivity contribution in [3.05, 3.63) is 89.0 Å². The van der Waals surface area contributed by atoms with Gasteiger partial charge in [-0.25, -0.2) is 13.6 Å². The van der Waals surface area contributed by atoms with Crippen LogP contribution in [0.3, 0.4) is 0 Å². The fraction of sp³-hybridized carbons (Fsp3) is 0.333. The predicted molar refractivity (Wildman–Crippen MR) is 150 cm³/mol. The smallest absolute Gasteiger partial charge is 0.407 e. The van der Waals surface area contributed by atoms with E-state index in [1.807, 2.05) is 40.1 Å². The van der Waals surface area contributed by atoms with Crippen molar-refractivity contribution < 1.29 is 33.0 Å². The van der Waals surface area contributed by atoms with Gasteiger partial charge in [0.1, 0.15) is 30.8 Å². The van der Waals surface area contributed by atoms with Gasteiger partial charge in [0.05, 0.1) is 6.54 Å². The zero-order valence-electron chi connectivity index (χ0n) is 22.2. The zero-order chi connectivity index (χ0) is 28.9. The van der Waals surface area contributed by atoms with Gasteiger partial charge >= 0.3 is 6.09 Å². The average molecular weight is 586 g/mol. The first-order chi connectivity index (χ1) is 19.8. The van der Waals surface area contributed by atoms with Gasteiger partial charge in [-0.15, -0.1) is 0 Å². The van der Waals surface area contributed by atoms with Crippen molar-refractivity contribution in [2.75, 3.05) is 37.7 Å². The molecule has 1 atom stereocenters. The lowest BCUT2D eigenvalue weighted by Gasteiger charge is -2.42. The molecule has 3 aromatic rings. The molecule has 2 fully saturated rings. The molecule has 1 aliphatic heterocycles. The highest BCUT2D eigenvalue weighted by molar-refractivity contribution is 6.31. The van der Waals surface area contributed by atoms with Gasteiger partial charge in [0, 0.05) is 42.5 Å². The van der Waals surface area contributed by atoms with Crippen LogP contribution >= 0.6 is 11.6 Å². The largest absolute Gasteiger partial charge is 0.490 e. The molecule has 8 nitrogen and oxygen atoms in total. The van der Waals surface area contributed by atoms with E-state index in [4.69, 9.17) is 21.1 Å². The third-order valence-corrected chi connectivity index (χ3v) is 7.55. The molecule has 0 bridgehead atoms. The SMILES string of the molecule is O=C(O)N1CCN(c2ccc(OCCOc3cc(F)ccc3F)cc2)C(C(=O)N(Cc2ccccc2Cl)C2CC2)C1. The molecule has 0 aromatic heterocycles. The lowest BCUT2D eigenvalue weighted by atomic mass is 10.1. The quantitative estimate of drug-likeness (QED) is 0.319. The number of rotatable bonds is 10. The number of amides is 2. The number of carbonyl (C=O) groups is 2. The molecule has 1 N–H and O–H groups in total. The topological polar surface area (TPSA) is 82.5 Å². The predicted octanol–water partition coefficient (Wildman–Crippen LogP) is 5.44. The van der Waals surface area contributed by atoms with Crippen LogP contribution in [0.25, 0.3) is 0 Å². The number of carbonyl (C=O) groups excluding carboxylic acids is 1. The Balaban J connectivity index is 1.26. The number of carboxylic acid groups (broad SMARTS) is 1. The number of hydrogen-bond donors (Lipinski definition) is 1. The summed E-state index contributed by atoms with van der Waals surface area (Å²) < 4.78 is 38.0. The second kappa shape index (κ2) is 12.6. The summed E-state index contributed by atoms with van der Waals surface area (Å²) in [6.45, 7) is 1.13. The molecule has 0 radical (unpaired) electrons. The Bertz CT molecular complexity index is 1390. The van der Waals surface area contributed by atoms with Crippen LogP contribution in [0.4, 0.5) is 19.3 Å². The fourth-order valence-electron chi connectivity index (χ4n) is 4.88. The molecule has 1 unspecified atom stereocenters. The van der Waals surface area contributed by atoms with Gasteiger partial charge in [0.25, 0.3) is 0 Å². The van der Waals surface area contributed by atoms with Crippen LogP contribution in [0.15, 0.2) is 66.7 Å². The van der Waals surface area contributed by atoms with E-state index in [1.54, 1.807) is 18.2 Å². The molecule has 41 heavy (non-hydrogen) atoms. The van der Waals surface area contributed by atoms with E-state index >= 15 is 0 Å². The van der Waals surface area contributed by atoms with Crippen molar-refractivity contribution in [3.8, 4) is 11.5 Å². The first-order valence-electron chi connectivity index (χ1n) is 13.4. The summed E-state index contributed by atoms with van der Waals surface area (Å²) in [5.41, 5.74) is 1.60. The number of benzene rings is 3. The van der Waals surface area contributed by atoms with Crippen molar-refractivity contribution in [2.45, 2.75) is 31.5 Å². The molecule has 1 heterocycles. The van der Waals surface area contributed by atoms with Gasteiger partial charge in [-0.3, -0.25) is 4.79 Å². The number of halogens is 3. The molecule has 5 rings (SSSR count). The molecule has 1 aliphatic carbocycles. The summed E-state index contributed by atoms with van der Waals surface area (Å²) >= 11 is 6.39. The zero-order valence-corrected chi connectivity index (χ0v) is 23.0. The van der Waals surface area contributed by atoms with Crippen molar-refractivity contribution in [1.29, 1.82) is 0 Å². The van der Waals surface area contributed by atoms with Crippen molar-refractivity contribution in [2.24, 2.45) is 0 Å². The minimum absolute atomic E-state index is 0.0122. The number of hydrogen-bond acceptors (Lipinski definition) is 5. The Morgan fingerprint density at radius 3 is 2.41 bits per heavy atom. The van der Waals surface area contributed by atoms with Crippen molar-refractivity contribution in [3.63, 3.8) is 0 Å². The van der Waals surface area contributed by atoms with Gasteiger partial charge in [-0.05, 0) is 60.9 Å². The monoisotopic (exact) mass is 585 g/mol. The number of anilines is 1. The van der Waals surface area contributed by atoms with Crippen LogP contribution in [0.1, 0.15) is 18.4 Å². The Kier molecular flexibility index (Phi) is 8.78. The molecule has 11 heteroatoms. The first-order valence-corrected chi connectivity index (χ1v) is 13.8. The molecular formula is C30H30ClF2N3O5. The Morgan fingerprint density at radius 2 is 1.71 bits per heavy atom. The van der Waals surface area contributed by atoms with Crippen molar-refractivity contribution >= 4 is 29.3 Å². The Morgan fingerprint density at radius 1 is 0.976 bits per heavy atom. The summed E-state index contributed by atoms with van der Waals surface area (Å²) in [5.74, 6) is -1.05. The molecule has 0 spiro atoms. The molecule has 3 aromatic carbocycles. The summed E-state index contributed by atoms with van der Waals surface area (Å²) in [4.78, 5) is 30.8. The van der Waals surface area contributed by atoms with Crippen LogP contribution in [0, 0.1) is 11.6 Å². The Labute approximate surface area is 241 Å². The molecule has 2 aliphatic rings. The highest BCUT2D eigenvalue weighted by Crippen LogP contribution is 2.33. The normalized spacial score (nSPS) is 16.8. The highest BCUT2D eigenvalue weighted by atomic mass is 35.5. The molecule has 216 valence electrons. The van der Waals surface area contributed by atoms with Gasteiger partial charge in [0.2, 0.25) is 5.91 Å². The third kappa shape index (κ3) is 7.00. The highest BCUT2D eigenvalue weighted by Gasteiger charge is 2.41. The summed E-state index contributed by atoms with van der Waals surface area (Å²) in [7, 11) is 0. The number of piperazine rings is 1. The van der Waals surface area contributed by atoms with E-state index in [9.17, 15) is 23.5 Å².